The van der Waals surface area contributed by atoms with Crippen molar-refractivity contribution in [3.8, 4) is 0 Å². The van der Waals surface area contributed by atoms with Gasteiger partial charge < -0.3 is 16.0 Å². The zero-order chi connectivity index (χ0) is 22.7. The Balaban J connectivity index is 1.38. The molecule has 2 aromatic rings. The predicted molar refractivity (Wildman–Crippen MR) is 119 cm³/mol. The van der Waals surface area contributed by atoms with Gasteiger partial charge in [-0.1, -0.05) is 24.3 Å². The highest BCUT2D eigenvalue weighted by atomic mass is 19.4. The molecule has 1 aromatic carbocycles. The second-order valence-corrected chi connectivity index (χ2v) is 7.88. The monoisotopic (exact) mass is 444 g/mol. The van der Waals surface area contributed by atoms with Crippen molar-refractivity contribution in [3.05, 3.63) is 79.4 Å². The van der Waals surface area contributed by atoms with E-state index in [1.165, 1.54) is 23.8 Å². The van der Waals surface area contributed by atoms with Crippen molar-refractivity contribution < 1.29 is 13.2 Å². The fraction of sp³-hybridized carbons (Fsp3) is 0.348. The van der Waals surface area contributed by atoms with Crippen LogP contribution in [0.5, 0.6) is 0 Å². The van der Waals surface area contributed by atoms with Gasteiger partial charge >= 0.3 is 6.18 Å². The van der Waals surface area contributed by atoms with E-state index in [-0.39, 0.29) is 16.9 Å². The molecular formula is C23H23F3N4O2. The third kappa shape index (κ3) is 5.09. The molecule has 1 aliphatic heterocycles. The summed E-state index contributed by atoms with van der Waals surface area (Å²) < 4.78 is 37.8. The van der Waals surface area contributed by atoms with Crippen molar-refractivity contribution in [2.24, 2.45) is 0 Å². The average Bonchev–Trinajstić information content (AvgIpc) is 2.98. The normalized spacial score (nSPS) is 16.0. The van der Waals surface area contributed by atoms with Crippen molar-refractivity contribution >= 4 is 17.2 Å². The first-order valence-corrected chi connectivity index (χ1v) is 10.5. The summed E-state index contributed by atoms with van der Waals surface area (Å²) >= 11 is 0. The molecule has 0 bridgehead atoms. The predicted octanol–water partition coefficient (Wildman–Crippen LogP) is 3.82. The number of anilines is 3. The van der Waals surface area contributed by atoms with Crippen LogP contribution >= 0.6 is 0 Å². The molecular weight excluding hydrogens is 421 g/mol. The van der Waals surface area contributed by atoms with Gasteiger partial charge in [0.05, 0.1) is 6.42 Å². The maximum atomic E-state index is 12.6. The van der Waals surface area contributed by atoms with Crippen LogP contribution in [0.4, 0.5) is 30.4 Å². The molecule has 32 heavy (non-hydrogen) atoms. The molecule has 9 heteroatoms. The SMILES string of the molecule is O=c1c(NCCc2ccc3c(n2)NCCC3)c(NC2=CC=C(CC(F)(F)F)C=CC2)c1=O. The van der Waals surface area contributed by atoms with Crippen molar-refractivity contribution in [2.75, 3.05) is 29.0 Å². The summed E-state index contributed by atoms with van der Waals surface area (Å²) in [5.41, 5.74) is 1.82. The fourth-order valence-corrected chi connectivity index (χ4v) is 3.77. The van der Waals surface area contributed by atoms with Gasteiger partial charge in [-0.3, -0.25) is 9.59 Å². The smallest absolute Gasteiger partial charge is 0.380 e. The van der Waals surface area contributed by atoms with E-state index in [0.717, 1.165) is 30.9 Å². The molecule has 0 spiro atoms. The molecule has 2 aliphatic rings. The number of rotatable bonds is 7. The summed E-state index contributed by atoms with van der Waals surface area (Å²) in [5.74, 6) is 0.900. The van der Waals surface area contributed by atoms with Gasteiger partial charge in [0.2, 0.25) is 0 Å². The molecule has 0 fully saturated rings. The van der Waals surface area contributed by atoms with Crippen LogP contribution in [-0.4, -0.2) is 24.2 Å². The number of fused-ring (bicyclic) bond motifs is 1. The van der Waals surface area contributed by atoms with Gasteiger partial charge in [-0.2, -0.15) is 13.2 Å². The molecule has 2 heterocycles. The lowest BCUT2D eigenvalue weighted by atomic mass is 10.1. The van der Waals surface area contributed by atoms with Crippen LogP contribution in [0.2, 0.25) is 0 Å². The summed E-state index contributed by atoms with van der Waals surface area (Å²) in [6.07, 6.45) is 3.56. The number of pyridine rings is 1. The Hall–Kier alpha value is -3.36. The second-order valence-electron chi connectivity index (χ2n) is 7.88. The number of nitrogens with one attached hydrogen (secondary N) is 3. The van der Waals surface area contributed by atoms with E-state index in [2.05, 4.69) is 27.0 Å². The number of hydrogen-bond donors (Lipinski definition) is 3. The molecule has 0 radical (unpaired) electrons. The zero-order valence-electron chi connectivity index (χ0n) is 17.3. The van der Waals surface area contributed by atoms with E-state index in [9.17, 15) is 22.8 Å². The maximum absolute atomic E-state index is 12.6. The van der Waals surface area contributed by atoms with Crippen LogP contribution in [-0.2, 0) is 12.8 Å². The molecule has 0 atom stereocenters. The van der Waals surface area contributed by atoms with Gasteiger partial charge in [0, 0.05) is 37.3 Å². The number of alkyl halides is 3. The average molecular weight is 444 g/mol. The summed E-state index contributed by atoms with van der Waals surface area (Å²) in [5, 5.41) is 9.19. The van der Waals surface area contributed by atoms with E-state index >= 15 is 0 Å². The molecule has 0 saturated carbocycles. The number of hydrogen-bond acceptors (Lipinski definition) is 6. The molecule has 6 nitrogen and oxygen atoms in total. The summed E-state index contributed by atoms with van der Waals surface area (Å²) in [6.45, 7) is 1.32. The van der Waals surface area contributed by atoms with E-state index < -0.39 is 23.5 Å². The minimum atomic E-state index is -4.29. The lowest BCUT2D eigenvalue weighted by molar-refractivity contribution is -0.126. The fourth-order valence-electron chi connectivity index (χ4n) is 3.77. The lowest BCUT2D eigenvalue weighted by Crippen LogP contribution is -2.37. The molecule has 1 aliphatic carbocycles. The largest absolute Gasteiger partial charge is 0.393 e. The summed E-state index contributed by atoms with van der Waals surface area (Å²) in [4.78, 5) is 28.7. The Morgan fingerprint density at radius 1 is 1.09 bits per heavy atom. The standard InChI is InChI=1S/C23H23F3N4O2/c24-23(25,26)13-14-3-1-5-16(8-6-14)29-19-18(20(31)21(19)32)27-12-10-17-9-7-15-4-2-11-28-22(15)30-17/h1,3,6-9,27,29H,2,4-5,10-13H2,(H,28,30). The van der Waals surface area contributed by atoms with Crippen molar-refractivity contribution in [3.63, 3.8) is 0 Å². The maximum Gasteiger partial charge on any atom is 0.393 e. The van der Waals surface area contributed by atoms with Gasteiger partial charge in [0.1, 0.15) is 17.2 Å². The summed E-state index contributed by atoms with van der Waals surface area (Å²) in [7, 11) is 0. The number of nitrogens with zero attached hydrogens (tertiary/aromatic N) is 1. The Morgan fingerprint density at radius 2 is 1.91 bits per heavy atom. The first-order chi connectivity index (χ1) is 15.3. The number of allylic oxidation sites excluding steroid dienone is 5. The third-order valence-corrected chi connectivity index (χ3v) is 5.40. The minimum Gasteiger partial charge on any atom is -0.380 e. The Labute approximate surface area is 182 Å². The van der Waals surface area contributed by atoms with Crippen LogP contribution in [0, 0.1) is 0 Å². The third-order valence-electron chi connectivity index (χ3n) is 5.40. The molecule has 3 N–H and O–H groups in total. The van der Waals surface area contributed by atoms with Crippen LogP contribution in [0.25, 0.3) is 0 Å². The molecule has 168 valence electrons. The van der Waals surface area contributed by atoms with Crippen molar-refractivity contribution in [1.29, 1.82) is 0 Å². The number of halogens is 3. The molecule has 0 unspecified atom stereocenters. The molecule has 1 aromatic heterocycles. The Kier molecular flexibility index (Phi) is 6.16. The van der Waals surface area contributed by atoms with Crippen LogP contribution < -0.4 is 26.8 Å². The lowest BCUT2D eigenvalue weighted by Gasteiger charge is -2.18. The van der Waals surface area contributed by atoms with Crippen LogP contribution in [0.3, 0.4) is 0 Å². The highest BCUT2D eigenvalue weighted by molar-refractivity contribution is 5.75. The van der Waals surface area contributed by atoms with Gasteiger partial charge in [-0.15, -0.1) is 0 Å². The van der Waals surface area contributed by atoms with Crippen LogP contribution in [0.1, 0.15) is 30.5 Å². The van der Waals surface area contributed by atoms with E-state index in [0.29, 0.717) is 25.1 Å². The number of aromatic nitrogens is 1. The Bertz CT molecular complexity index is 1170. The molecule has 0 saturated heterocycles. The van der Waals surface area contributed by atoms with Crippen molar-refractivity contribution in [1.82, 2.24) is 4.98 Å². The van der Waals surface area contributed by atoms with E-state index in [1.807, 2.05) is 6.07 Å². The van der Waals surface area contributed by atoms with E-state index in [1.54, 1.807) is 6.08 Å². The van der Waals surface area contributed by atoms with Gasteiger partial charge in [-0.25, -0.2) is 4.98 Å². The summed E-state index contributed by atoms with van der Waals surface area (Å²) in [6, 6.07) is 4.02. The van der Waals surface area contributed by atoms with E-state index in [4.69, 9.17) is 0 Å². The first kappa shape index (κ1) is 21.9. The Morgan fingerprint density at radius 3 is 2.72 bits per heavy atom. The van der Waals surface area contributed by atoms with Gasteiger partial charge in [0.25, 0.3) is 10.9 Å². The van der Waals surface area contributed by atoms with Crippen molar-refractivity contribution in [2.45, 2.75) is 38.3 Å². The minimum absolute atomic E-state index is 0.129. The highest BCUT2D eigenvalue weighted by Gasteiger charge is 2.28. The highest BCUT2D eigenvalue weighted by Crippen LogP contribution is 2.27. The number of aryl methyl sites for hydroxylation is 1. The van der Waals surface area contributed by atoms with Gasteiger partial charge in [-0.05, 0) is 36.1 Å². The van der Waals surface area contributed by atoms with Crippen LogP contribution in [0.15, 0.2) is 57.3 Å². The first-order valence-electron chi connectivity index (χ1n) is 10.5. The topological polar surface area (TPSA) is 83.1 Å². The second kappa shape index (κ2) is 9.02. The molecule has 0 amide bonds. The zero-order valence-corrected chi connectivity index (χ0v) is 17.3. The quantitative estimate of drug-likeness (QED) is 0.563. The molecule has 4 rings (SSSR count). The van der Waals surface area contributed by atoms with Gasteiger partial charge in [0.15, 0.2) is 0 Å².